The number of carbonyl (C=O) groups is 2. The van der Waals surface area contributed by atoms with E-state index in [1.165, 1.54) is 23.7 Å². The first-order valence-corrected chi connectivity index (χ1v) is 14.4. The summed E-state index contributed by atoms with van der Waals surface area (Å²) in [5.41, 5.74) is 0.854. The number of aliphatic hydroxyl groups is 1. The van der Waals surface area contributed by atoms with Crippen LogP contribution in [0.5, 0.6) is 5.75 Å². The smallest absolute Gasteiger partial charge is 0.258 e. The Bertz CT molecular complexity index is 1380. The van der Waals surface area contributed by atoms with Crippen LogP contribution in [0.4, 0.5) is 5.69 Å². The summed E-state index contributed by atoms with van der Waals surface area (Å²) < 4.78 is 34.1. The summed E-state index contributed by atoms with van der Waals surface area (Å²) in [6.07, 6.45) is 2.33. The maximum Gasteiger partial charge on any atom is 0.258 e. The molecule has 4 rings (SSSR count). The molecule has 0 saturated carbocycles. The van der Waals surface area contributed by atoms with Gasteiger partial charge in [0.15, 0.2) is 5.75 Å². The van der Waals surface area contributed by atoms with E-state index >= 15 is 0 Å². The molecule has 1 aliphatic heterocycles. The fraction of sp³-hybridized carbons (Fsp3) is 0.346. The number of ether oxygens (including phenoxy) is 1. The lowest BCUT2D eigenvalue weighted by Crippen LogP contribution is -2.50. The van der Waals surface area contributed by atoms with E-state index in [0.29, 0.717) is 5.56 Å². The van der Waals surface area contributed by atoms with Crippen molar-refractivity contribution in [1.29, 1.82) is 0 Å². The first-order chi connectivity index (χ1) is 18.1. The number of fused-ring (bicyclic) bond motifs is 1. The van der Waals surface area contributed by atoms with Gasteiger partial charge in [-0.15, -0.1) is 11.3 Å². The van der Waals surface area contributed by atoms with Crippen LogP contribution in [0.15, 0.2) is 64.4 Å². The summed E-state index contributed by atoms with van der Waals surface area (Å²) in [4.78, 5) is 32.0. The van der Waals surface area contributed by atoms with Crippen molar-refractivity contribution in [3.63, 3.8) is 0 Å². The highest BCUT2D eigenvalue weighted by molar-refractivity contribution is 7.91. The molecule has 2 aromatic heterocycles. The van der Waals surface area contributed by atoms with Gasteiger partial charge in [-0.05, 0) is 42.6 Å². The minimum Gasteiger partial charge on any atom is -0.486 e. The number of aliphatic hydroxyl groups excluding tert-OH is 1. The normalized spacial score (nSPS) is 18.8. The fourth-order valence-corrected chi connectivity index (χ4v) is 6.56. The highest BCUT2D eigenvalue weighted by Crippen LogP contribution is 2.35. The summed E-state index contributed by atoms with van der Waals surface area (Å²) in [7, 11) is -2.26. The quantitative estimate of drug-likeness (QED) is 0.435. The van der Waals surface area contributed by atoms with Gasteiger partial charge < -0.3 is 20.1 Å². The lowest BCUT2D eigenvalue weighted by Gasteiger charge is -2.38. The standard InChI is InChI=1S/C26H30N4O6S2/c1-17-14-30(18(2)16-31)26(33)20-6-4-7-21(28-25(32)19-9-11-27-12-10-19)24(20)36-22(17)15-29(3)38(34,35)23-8-5-13-37-23/h4-13,17-18,22,31H,14-16H2,1-3H3,(H,28,32)/t17-,18+,22+/m0/s1. The van der Waals surface area contributed by atoms with E-state index in [4.69, 9.17) is 4.74 Å². The molecule has 10 nitrogen and oxygen atoms in total. The van der Waals surface area contributed by atoms with Crippen molar-refractivity contribution in [3.8, 4) is 5.75 Å². The number of amides is 2. The molecule has 38 heavy (non-hydrogen) atoms. The molecule has 0 radical (unpaired) electrons. The molecule has 1 aromatic carbocycles. The van der Waals surface area contributed by atoms with Gasteiger partial charge in [0, 0.05) is 37.5 Å². The molecule has 1 aliphatic rings. The van der Waals surface area contributed by atoms with Gasteiger partial charge in [-0.2, -0.15) is 4.31 Å². The molecule has 3 atom stereocenters. The van der Waals surface area contributed by atoms with Crippen molar-refractivity contribution in [3.05, 3.63) is 71.4 Å². The van der Waals surface area contributed by atoms with Crippen LogP contribution in [-0.2, 0) is 10.0 Å². The zero-order valence-corrected chi connectivity index (χ0v) is 22.9. The average molecular weight is 559 g/mol. The third kappa shape index (κ3) is 5.73. The number of nitrogens with zero attached hydrogens (tertiary/aromatic N) is 3. The van der Waals surface area contributed by atoms with E-state index in [-0.39, 0.29) is 52.7 Å². The second-order valence-corrected chi connectivity index (χ2v) is 12.4. The van der Waals surface area contributed by atoms with Crippen molar-refractivity contribution in [1.82, 2.24) is 14.2 Å². The molecule has 0 unspecified atom stereocenters. The number of sulfonamides is 1. The van der Waals surface area contributed by atoms with Crippen LogP contribution in [0.1, 0.15) is 34.6 Å². The second-order valence-electron chi connectivity index (χ2n) is 9.21. The Morgan fingerprint density at radius 3 is 2.66 bits per heavy atom. The maximum atomic E-state index is 13.6. The van der Waals surface area contributed by atoms with Crippen LogP contribution < -0.4 is 10.1 Å². The molecule has 3 aromatic rings. The molecule has 0 saturated heterocycles. The SMILES string of the molecule is C[C@H](CO)N1C[C@H](C)[C@@H](CN(C)S(=O)(=O)c2cccs2)Oc2c(NC(=O)c3ccncc3)cccc2C1=O. The number of rotatable bonds is 8. The molecular formula is C26H30N4O6S2. The molecule has 3 heterocycles. The van der Waals surface area contributed by atoms with Crippen LogP contribution >= 0.6 is 11.3 Å². The van der Waals surface area contributed by atoms with Crippen molar-refractivity contribution in [2.24, 2.45) is 5.92 Å². The zero-order chi connectivity index (χ0) is 27.4. The van der Waals surface area contributed by atoms with E-state index in [1.54, 1.807) is 59.7 Å². The van der Waals surface area contributed by atoms with Gasteiger partial charge in [0.25, 0.3) is 21.8 Å². The summed E-state index contributed by atoms with van der Waals surface area (Å²) in [6.45, 7) is 3.60. The molecule has 12 heteroatoms. The van der Waals surface area contributed by atoms with Crippen molar-refractivity contribution < 1.29 is 27.9 Å². The van der Waals surface area contributed by atoms with E-state index in [2.05, 4.69) is 10.3 Å². The van der Waals surface area contributed by atoms with Crippen molar-refractivity contribution in [2.75, 3.05) is 32.1 Å². The predicted octanol–water partition coefficient (Wildman–Crippen LogP) is 2.94. The Morgan fingerprint density at radius 1 is 1.26 bits per heavy atom. The third-order valence-corrected chi connectivity index (χ3v) is 9.67. The van der Waals surface area contributed by atoms with Gasteiger partial charge >= 0.3 is 0 Å². The number of anilines is 1. The topological polar surface area (TPSA) is 129 Å². The number of aromatic nitrogens is 1. The maximum absolute atomic E-state index is 13.6. The molecule has 202 valence electrons. The van der Waals surface area contributed by atoms with E-state index in [1.807, 2.05) is 6.92 Å². The van der Waals surface area contributed by atoms with Gasteiger partial charge in [-0.1, -0.05) is 19.1 Å². The highest BCUT2D eigenvalue weighted by Gasteiger charge is 2.36. The summed E-state index contributed by atoms with van der Waals surface area (Å²) in [5, 5.41) is 14.4. The van der Waals surface area contributed by atoms with Gasteiger partial charge in [-0.3, -0.25) is 14.6 Å². The predicted molar refractivity (Wildman–Crippen MR) is 144 cm³/mol. The molecule has 0 fully saturated rings. The van der Waals surface area contributed by atoms with Gasteiger partial charge in [-0.25, -0.2) is 8.42 Å². The van der Waals surface area contributed by atoms with Crippen molar-refractivity contribution in [2.45, 2.75) is 30.2 Å². The molecule has 2 amide bonds. The Labute approximate surface area is 225 Å². The van der Waals surface area contributed by atoms with E-state index in [9.17, 15) is 23.1 Å². The Kier molecular flexibility index (Phi) is 8.46. The van der Waals surface area contributed by atoms with E-state index in [0.717, 1.165) is 11.3 Å². The number of para-hydroxylation sites is 1. The number of hydrogen-bond acceptors (Lipinski definition) is 8. The largest absolute Gasteiger partial charge is 0.486 e. The molecular weight excluding hydrogens is 528 g/mol. The number of thiophene rings is 1. The Balaban J connectivity index is 1.73. The molecule has 0 aliphatic carbocycles. The number of carbonyl (C=O) groups excluding carboxylic acids is 2. The van der Waals surface area contributed by atoms with Crippen LogP contribution in [0, 0.1) is 5.92 Å². The number of pyridine rings is 1. The zero-order valence-electron chi connectivity index (χ0n) is 21.3. The van der Waals surface area contributed by atoms with Crippen molar-refractivity contribution >= 4 is 38.9 Å². The summed E-state index contributed by atoms with van der Waals surface area (Å²) in [6, 6.07) is 10.7. The van der Waals surface area contributed by atoms with Crippen LogP contribution in [0.25, 0.3) is 0 Å². The van der Waals surface area contributed by atoms with Gasteiger partial charge in [0.1, 0.15) is 10.3 Å². The fourth-order valence-electron chi connectivity index (χ4n) is 4.17. The van der Waals surface area contributed by atoms with Crippen LogP contribution in [0.3, 0.4) is 0 Å². The number of hydrogen-bond donors (Lipinski definition) is 2. The first-order valence-electron chi connectivity index (χ1n) is 12.1. The monoisotopic (exact) mass is 558 g/mol. The number of likely N-dealkylation sites (N-methyl/N-ethyl adjacent to an activating group) is 1. The Morgan fingerprint density at radius 2 is 2.00 bits per heavy atom. The first kappa shape index (κ1) is 27.7. The highest BCUT2D eigenvalue weighted by atomic mass is 32.2. The minimum atomic E-state index is -3.75. The average Bonchev–Trinajstić information content (AvgIpc) is 3.47. The van der Waals surface area contributed by atoms with E-state index < -0.39 is 28.1 Å². The number of nitrogens with one attached hydrogen (secondary N) is 1. The van der Waals surface area contributed by atoms with Gasteiger partial charge in [0.05, 0.1) is 30.4 Å². The lowest BCUT2D eigenvalue weighted by atomic mass is 9.99. The summed E-state index contributed by atoms with van der Waals surface area (Å²) in [5.74, 6) is -0.938. The van der Waals surface area contributed by atoms with Crippen LogP contribution in [-0.4, -0.2) is 78.4 Å². The van der Waals surface area contributed by atoms with Crippen LogP contribution in [0.2, 0.25) is 0 Å². The Hall–Kier alpha value is -3.32. The summed E-state index contributed by atoms with van der Waals surface area (Å²) >= 11 is 1.13. The molecule has 0 spiro atoms. The lowest BCUT2D eigenvalue weighted by molar-refractivity contribution is 0.0388. The molecule has 2 N–H and O–H groups in total. The third-order valence-electron chi connectivity index (χ3n) is 6.48. The number of benzene rings is 1. The minimum absolute atomic E-state index is 0.00299. The van der Waals surface area contributed by atoms with Gasteiger partial charge in [0.2, 0.25) is 0 Å². The second kappa shape index (κ2) is 11.6. The molecule has 0 bridgehead atoms.